The molecule has 0 saturated carbocycles. The number of benzene rings is 2. The Labute approximate surface area is 158 Å². The summed E-state index contributed by atoms with van der Waals surface area (Å²) in [7, 11) is 3.06. The van der Waals surface area contributed by atoms with Gasteiger partial charge in [0, 0.05) is 16.1 Å². The predicted octanol–water partition coefficient (Wildman–Crippen LogP) is 4.74. The summed E-state index contributed by atoms with van der Waals surface area (Å²) in [4.78, 5) is 11.2. The number of ether oxygens (including phenoxy) is 3. The Hall–Kier alpha value is -2.87. The molecule has 0 bridgehead atoms. The maximum absolute atomic E-state index is 11.2. The first-order valence-corrected chi connectivity index (χ1v) is 8.35. The van der Waals surface area contributed by atoms with Gasteiger partial charge >= 0.3 is 5.97 Å². The van der Waals surface area contributed by atoms with Crippen molar-refractivity contribution in [2.75, 3.05) is 20.8 Å². The number of rotatable bonds is 5. The van der Waals surface area contributed by atoms with Crippen molar-refractivity contribution < 1.29 is 24.1 Å². The molecule has 7 nitrogen and oxygen atoms in total. The molecule has 3 rings (SSSR count). The molecule has 1 N–H and O–H groups in total. The first kappa shape index (κ1) is 17.9. The van der Waals surface area contributed by atoms with Crippen molar-refractivity contribution in [1.29, 1.82) is 0 Å². The maximum Gasteiger partial charge on any atom is 0.335 e. The van der Waals surface area contributed by atoms with Crippen LogP contribution in [-0.2, 0) is 4.79 Å². The summed E-state index contributed by atoms with van der Waals surface area (Å²) in [5.74, 6) is 0.489. The molecule has 0 saturated heterocycles. The lowest BCUT2D eigenvalue weighted by atomic mass is 10.1. The summed E-state index contributed by atoms with van der Waals surface area (Å²) in [6.07, 6.45) is 1.54. The highest BCUT2D eigenvalue weighted by molar-refractivity contribution is 9.10. The molecule has 0 radical (unpaired) electrons. The third kappa shape index (κ3) is 3.70. The molecule has 0 amide bonds. The minimum absolute atomic E-state index is 0.0182. The van der Waals surface area contributed by atoms with Crippen molar-refractivity contribution in [1.82, 2.24) is 0 Å². The summed E-state index contributed by atoms with van der Waals surface area (Å²) in [5, 5.41) is 17.6. The molecule has 2 aromatic rings. The van der Waals surface area contributed by atoms with Crippen LogP contribution < -0.4 is 14.2 Å². The molecule has 0 spiro atoms. The monoisotopic (exact) mass is 418 g/mol. The number of methoxy groups -OCH3 is 2. The Morgan fingerprint density at radius 1 is 1.15 bits per heavy atom. The van der Waals surface area contributed by atoms with Crippen molar-refractivity contribution >= 4 is 39.4 Å². The topological polar surface area (TPSA) is 89.7 Å². The summed E-state index contributed by atoms with van der Waals surface area (Å²) in [6, 6.07) is 8.76. The van der Waals surface area contributed by atoms with Crippen LogP contribution in [0.4, 0.5) is 11.4 Å². The molecule has 0 aromatic heterocycles. The van der Waals surface area contributed by atoms with Crippen LogP contribution in [0.3, 0.4) is 0 Å². The molecule has 26 heavy (non-hydrogen) atoms. The second-order valence-electron chi connectivity index (χ2n) is 5.35. The van der Waals surface area contributed by atoms with E-state index in [-0.39, 0.29) is 12.2 Å². The zero-order valence-corrected chi connectivity index (χ0v) is 15.6. The fourth-order valence-electron chi connectivity index (χ4n) is 2.43. The standard InChI is InChI=1S/C18H15BrN2O5/c1-24-15-7-12(19)3-4-14(15)21-20-13-6-10-5-11(18(22)23)9-26-17(10)16(8-13)25-2/h3-8H,9H2,1-2H3,(H,22,23)/b21-20+. The summed E-state index contributed by atoms with van der Waals surface area (Å²) >= 11 is 3.37. The van der Waals surface area contributed by atoms with E-state index in [0.29, 0.717) is 34.2 Å². The van der Waals surface area contributed by atoms with E-state index in [1.54, 1.807) is 37.5 Å². The number of carboxylic acid groups (broad SMARTS) is 1. The van der Waals surface area contributed by atoms with E-state index in [0.717, 1.165) is 4.47 Å². The Morgan fingerprint density at radius 3 is 2.62 bits per heavy atom. The minimum Gasteiger partial charge on any atom is -0.494 e. The van der Waals surface area contributed by atoms with Gasteiger partial charge in [-0.3, -0.25) is 0 Å². The average Bonchev–Trinajstić information content (AvgIpc) is 2.65. The normalized spacial score (nSPS) is 13.0. The van der Waals surface area contributed by atoms with Crippen LogP contribution in [0.1, 0.15) is 5.56 Å². The summed E-state index contributed by atoms with van der Waals surface area (Å²) < 4.78 is 17.0. The average molecular weight is 419 g/mol. The van der Waals surface area contributed by atoms with Gasteiger partial charge in [0.2, 0.25) is 0 Å². The summed E-state index contributed by atoms with van der Waals surface area (Å²) in [5.41, 5.74) is 1.79. The molecule has 1 aliphatic rings. The molecule has 134 valence electrons. The molecule has 0 fully saturated rings. The van der Waals surface area contributed by atoms with Crippen LogP contribution in [0.15, 0.2) is 50.6 Å². The third-order valence-corrected chi connectivity index (χ3v) is 4.17. The Bertz CT molecular complexity index is 924. The smallest absolute Gasteiger partial charge is 0.335 e. The van der Waals surface area contributed by atoms with Gasteiger partial charge in [-0.05, 0) is 30.3 Å². The Morgan fingerprint density at radius 2 is 1.92 bits per heavy atom. The van der Waals surface area contributed by atoms with Crippen LogP contribution in [0.2, 0.25) is 0 Å². The lowest BCUT2D eigenvalue weighted by molar-refractivity contribution is -0.132. The second-order valence-corrected chi connectivity index (χ2v) is 6.26. The van der Waals surface area contributed by atoms with Crippen LogP contribution >= 0.6 is 15.9 Å². The number of hydrogen-bond acceptors (Lipinski definition) is 6. The molecule has 0 unspecified atom stereocenters. The van der Waals surface area contributed by atoms with Crippen molar-refractivity contribution in [3.8, 4) is 17.2 Å². The molecule has 1 heterocycles. The van der Waals surface area contributed by atoms with Crippen LogP contribution in [0, 0.1) is 0 Å². The van der Waals surface area contributed by atoms with Crippen molar-refractivity contribution in [2.45, 2.75) is 0 Å². The van der Waals surface area contributed by atoms with Gasteiger partial charge in [-0.25, -0.2) is 4.79 Å². The first-order valence-electron chi connectivity index (χ1n) is 7.56. The highest BCUT2D eigenvalue weighted by Crippen LogP contribution is 2.40. The van der Waals surface area contributed by atoms with Gasteiger partial charge in [-0.15, -0.1) is 5.11 Å². The van der Waals surface area contributed by atoms with Crippen molar-refractivity contribution in [2.24, 2.45) is 10.2 Å². The van der Waals surface area contributed by atoms with Crippen molar-refractivity contribution in [3.63, 3.8) is 0 Å². The number of halogens is 1. The molecule has 0 aliphatic carbocycles. The quantitative estimate of drug-likeness (QED) is 0.707. The maximum atomic E-state index is 11.2. The zero-order valence-electron chi connectivity index (χ0n) is 14.0. The van der Waals surface area contributed by atoms with Crippen LogP contribution in [-0.4, -0.2) is 31.9 Å². The zero-order chi connectivity index (χ0) is 18.7. The number of hydrogen-bond donors (Lipinski definition) is 1. The van der Waals surface area contributed by atoms with Gasteiger partial charge in [0.05, 0.1) is 25.5 Å². The number of nitrogens with zero attached hydrogens (tertiary/aromatic N) is 2. The molecule has 1 aliphatic heterocycles. The van der Waals surface area contributed by atoms with E-state index in [4.69, 9.17) is 19.3 Å². The van der Waals surface area contributed by atoms with Crippen molar-refractivity contribution in [3.05, 3.63) is 45.9 Å². The lowest BCUT2D eigenvalue weighted by Crippen LogP contribution is -2.14. The Kier molecular flexibility index (Phi) is 5.22. The van der Waals surface area contributed by atoms with Gasteiger partial charge < -0.3 is 19.3 Å². The van der Waals surface area contributed by atoms with E-state index in [1.807, 2.05) is 6.07 Å². The van der Waals surface area contributed by atoms with Gasteiger partial charge in [-0.1, -0.05) is 15.9 Å². The van der Waals surface area contributed by atoms with Crippen LogP contribution in [0.5, 0.6) is 17.2 Å². The molecular weight excluding hydrogens is 404 g/mol. The fourth-order valence-corrected chi connectivity index (χ4v) is 2.77. The van der Waals surface area contributed by atoms with E-state index in [2.05, 4.69) is 26.2 Å². The fraction of sp³-hybridized carbons (Fsp3) is 0.167. The van der Waals surface area contributed by atoms with Gasteiger partial charge in [0.1, 0.15) is 18.0 Å². The number of aliphatic carboxylic acids is 1. The first-order chi connectivity index (χ1) is 12.5. The molecule has 8 heteroatoms. The van der Waals surface area contributed by atoms with E-state index < -0.39 is 5.97 Å². The van der Waals surface area contributed by atoms with Gasteiger partial charge in [0.15, 0.2) is 11.5 Å². The third-order valence-electron chi connectivity index (χ3n) is 3.68. The Balaban J connectivity index is 2.00. The number of azo groups is 1. The van der Waals surface area contributed by atoms with E-state index in [9.17, 15) is 4.79 Å². The number of carboxylic acids is 1. The van der Waals surface area contributed by atoms with Crippen LogP contribution in [0.25, 0.3) is 6.08 Å². The molecule has 2 aromatic carbocycles. The van der Waals surface area contributed by atoms with Gasteiger partial charge in [-0.2, -0.15) is 5.11 Å². The lowest BCUT2D eigenvalue weighted by Gasteiger charge is -2.18. The number of carbonyl (C=O) groups is 1. The van der Waals surface area contributed by atoms with E-state index in [1.165, 1.54) is 7.11 Å². The molecular formula is C18H15BrN2O5. The van der Waals surface area contributed by atoms with E-state index >= 15 is 0 Å². The largest absolute Gasteiger partial charge is 0.494 e. The second kappa shape index (κ2) is 7.57. The highest BCUT2D eigenvalue weighted by atomic mass is 79.9. The number of fused-ring (bicyclic) bond motifs is 1. The van der Waals surface area contributed by atoms with Gasteiger partial charge in [0.25, 0.3) is 0 Å². The minimum atomic E-state index is -1.03. The summed E-state index contributed by atoms with van der Waals surface area (Å²) in [6.45, 7) is -0.0182. The SMILES string of the molecule is COc1cc(Br)ccc1/N=N/c1cc2c(c(OC)c1)OCC(C(=O)O)=C2. The molecule has 0 atom stereocenters. The predicted molar refractivity (Wildman–Crippen MR) is 99.0 cm³/mol. The highest BCUT2D eigenvalue weighted by Gasteiger charge is 2.20.